The highest BCUT2D eigenvalue weighted by molar-refractivity contribution is 6.28. The first-order valence-electron chi connectivity index (χ1n) is 6.46. The van der Waals surface area contributed by atoms with Crippen molar-refractivity contribution >= 4 is 29.4 Å². The van der Waals surface area contributed by atoms with Gasteiger partial charge < -0.3 is 9.80 Å². The minimum atomic E-state index is -0.176. The Bertz CT molecular complexity index is 539. The van der Waals surface area contributed by atoms with Gasteiger partial charge >= 0.3 is 0 Å². The maximum atomic E-state index is 12.1. The lowest BCUT2D eigenvalue weighted by molar-refractivity contribution is -0.129. The number of nitrogens with zero attached hydrogens (tertiary/aromatic N) is 7. The smallest absolute Gasteiger partial charge is 0.245 e. The van der Waals surface area contributed by atoms with E-state index in [4.69, 9.17) is 11.6 Å². The molecule has 0 fully saturated rings. The van der Waals surface area contributed by atoms with Gasteiger partial charge in [0.15, 0.2) is 6.19 Å². The average Bonchev–Trinajstić information content (AvgIpc) is 2.45. The van der Waals surface area contributed by atoms with Gasteiger partial charge in [-0.25, -0.2) is 4.90 Å². The van der Waals surface area contributed by atoms with Crippen LogP contribution in [0, 0.1) is 11.5 Å². The zero-order valence-corrected chi connectivity index (χ0v) is 13.3. The summed E-state index contributed by atoms with van der Waals surface area (Å²) in [7, 11) is 3.49. The molecule has 0 aliphatic heterocycles. The molecule has 1 aromatic heterocycles. The Labute approximate surface area is 129 Å². The summed E-state index contributed by atoms with van der Waals surface area (Å²) in [6, 6.07) is 0. The van der Waals surface area contributed by atoms with Gasteiger partial charge in [-0.2, -0.15) is 20.2 Å². The van der Waals surface area contributed by atoms with Gasteiger partial charge in [-0.1, -0.05) is 0 Å². The van der Waals surface area contributed by atoms with Crippen molar-refractivity contribution in [3.8, 4) is 6.19 Å². The highest BCUT2D eigenvalue weighted by atomic mass is 35.5. The molecule has 0 aliphatic carbocycles. The molecular formula is C12H18ClN7O. The van der Waals surface area contributed by atoms with Crippen molar-refractivity contribution in [1.29, 1.82) is 5.26 Å². The van der Waals surface area contributed by atoms with Gasteiger partial charge in [-0.05, 0) is 25.4 Å². The van der Waals surface area contributed by atoms with Crippen molar-refractivity contribution in [2.24, 2.45) is 0 Å². The molecule has 0 radical (unpaired) electrons. The molecule has 1 amide bonds. The van der Waals surface area contributed by atoms with Crippen molar-refractivity contribution in [1.82, 2.24) is 19.9 Å². The lowest BCUT2D eigenvalue weighted by atomic mass is 10.4. The summed E-state index contributed by atoms with van der Waals surface area (Å²) in [5.41, 5.74) is 0. The van der Waals surface area contributed by atoms with Crippen LogP contribution in [0.4, 0.5) is 11.9 Å². The topological polar surface area (TPSA) is 89.2 Å². The third-order valence-corrected chi connectivity index (χ3v) is 2.93. The van der Waals surface area contributed by atoms with Crippen LogP contribution in [0.5, 0.6) is 0 Å². The number of rotatable bonds is 6. The van der Waals surface area contributed by atoms with Gasteiger partial charge in [-0.3, -0.25) is 4.79 Å². The fourth-order valence-electron chi connectivity index (χ4n) is 1.61. The van der Waals surface area contributed by atoms with Crippen LogP contribution in [0.1, 0.15) is 13.8 Å². The zero-order chi connectivity index (χ0) is 16.0. The Morgan fingerprint density at radius 2 is 1.76 bits per heavy atom. The van der Waals surface area contributed by atoms with Gasteiger partial charge in [0.2, 0.25) is 23.1 Å². The molecule has 0 saturated heterocycles. The van der Waals surface area contributed by atoms with E-state index in [2.05, 4.69) is 15.0 Å². The normalized spacial score (nSPS) is 9.90. The summed E-state index contributed by atoms with van der Waals surface area (Å²) in [6.07, 6.45) is 1.90. The van der Waals surface area contributed by atoms with E-state index >= 15 is 0 Å². The van der Waals surface area contributed by atoms with Gasteiger partial charge in [0.1, 0.15) is 6.54 Å². The molecule has 0 atom stereocenters. The Hall–Kier alpha value is -2.14. The number of aromatic nitrogens is 3. The van der Waals surface area contributed by atoms with Crippen molar-refractivity contribution in [2.45, 2.75) is 13.8 Å². The van der Waals surface area contributed by atoms with Crippen LogP contribution in [0.25, 0.3) is 0 Å². The lowest BCUT2D eigenvalue weighted by Crippen LogP contribution is -2.39. The van der Waals surface area contributed by atoms with E-state index in [0.29, 0.717) is 19.0 Å². The predicted octanol–water partition coefficient (Wildman–Crippen LogP) is 0.747. The Balaban J connectivity index is 3.01. The molecule has 0 aromatic carbocycles. The van der Waals surface area contributed by atoms with E-state index in [9.17, 15) is 10.1 Å². The molecule has 0 aliphatic rings. The molecule has 0 saturated carbocycles. The molecule has 9 heteroatoms. The Morgan fingerprint density at radius 3 is 2.24 bits per heavy atom. The SMILES string of the molecule is CCN(CC)C(=O)CN(C#N)c1nc(Cl)nc(N(C)C)n1. The molecule has 0 bridgehead atoms. The van der Waals surface area contributed by atoms with E-state index in [1.54, 1.807) is 23.9 Å². The van der Waals surface area contributed by atoms with Gasteiger partial charge in [0.05, 0.1) is 0 Å². The van der Waals surface area contributed by atoms with Crippen molar-refractivity contribution in [2.75, 3.05) is 43.5 Å². The molecule has 0 spiro atoms. The number of amides is 1. The quantitative estimate of drug-likeness (QED) is 0.565. The third-order valence-electron chi connectivity index (χ3n) is 2.76. The number of likely N-dealkylation sites (N-methyl/N-ethyl adjacent to an activating group) is 1. The molecule has 1 aromatic rings. The van der Waals surface area contributed by atoms with Crippen LogP contribution in [-0.2, 0) is 4.79 Å². The second-order valence-corrected chi connectivity index (χ2v) is 4.69. The molecule has 1 rings (SSSR count). The van der Waals surface area contributed by atoms with Crippen molar-refractivity contribution in [3.63, 3.8) is 0 Å². The van der Waals surface area contributed by atoms with E-state index < -0.39 is 0 Å². The number of nitriles is 1. The molecular weight excluding hydrogens is 294 g/mol. The summed E-state index contributed by atoms with van der Waals surface area (Å²) in [5, 5.41) is 9.20. The van der Waals surface area contributed by atoms with Crippen molar-refractivity contribution in [3.05, 3.63) is 5.28 Å². The first kappa shape index (κ1) is 16.9. The number of halogens is 1. The lowest BCUT2D eigenvalue weighted by Gasteiger charge is -2.21. The monoisotopic (exact) mass is 311 g/mol. The largest absolute Gasteiger partial charge is 0.347 e. The molecule has 0 N–H and O–H groups in total. The minimum absolute atomic E-state index is 0.0285. The number of carbonyl (C=O) groups is 1. The second kappa shape index (κ2) is 7.59. The van der Waals surface area contributed by atoms with Crippen molar-refractivity contribution < 1.29 is 4.79 Å². The van der Waals surface area contributed by atoms with E-state index in [-0.39, 0.29) is 23.7 Å². The highest BCUT2D eigenvalue weighted by Gasteiger charge is 2.19. The maximum absolute atomic E-state index is 12.1. The number of carbonyl (C=O) groups excluding carboxylic acids is 1. The zero-order valence-electron chi connectivity index (χ0n) is 12.5. The van der Waals surface area contributed by atoms with Crippen LogP contribution in [0.15, 0.2) is 0 Å². The maximum Gasteiger partial charge on any atom is 0.245 e. The average molecular weight is 312 g/mol. The van der Waals surface area contributed by atoms with Crippen LogP contribution >= 0.6 is 11.6 Å². The summed E-state index contributed by atoms with van der Waals surface area (Å²) >= 11 is 5.83. The number of anilines is 2. The fraction of sp³-hybridized carbons (Fsp3) is 0.583. The van der Waals surface area contributed by atoms with Crippen LogP contribution in [-0.4, -0.2) is 59.5 Å². The van der Waals surface area contributed by atoms with Crippen LogP contribution < -0.4 is 9.80 Å². The third kappa shape index (κ3) is 4.43. The fourth-order valence-corrected chi connectivity index (χ4v) is 1.76. The number of hydrogen-bond donors (Lipinski definition) is 0. The first-order chi connectivity index (χ1) is 9.92. The Morgan fingerprint density at radius 1 is 1.19 bits per heavy atom. The van der Waals surface area contributed by atoms with Crippen LogP contribution in [0.3, 0.4) is 0 Å². The van der Waals surface area contributed by atoms with Crippen LogP contribution in [0.2, 0.25) is 5.28 Å². The molecule has 8 nitrogen and oxygen atoms in total. The van der Waals surface area contributed by atoms with E-state index in [0.717, 1.165) is 4.90 Å². The summed E-state index contributed by atoms with van der Waals surface area (Å²) in [6.45, 7) is 4.78. The minimum Gasteiger partial charge on any atom is -0.347 e. The summed E-state index contributed by atoms with van der Waals surface area (Å²) in [4.78, 5) is 28.4. The Kier molecular flexibility index (Phi) is 6.11. The summed E-state index contributed by atoms with van der Waals surface area (Å²) in [5.74, 6) is 0.201. The molecule has 0 unspecified atom stereocenters. The second-order valence-electron chi connectivity index (χ2n) is 4.35. The van der Waals surface area contributed by atoms with Gasteiger partial charge in [0, 0.05) is 27.2 Å². The molecule has 114 valence electrons. The molecule has 1 heterocycles. The van der Waals surface area contributed by atoms with E-state index in [1.165, 1.54) is 0 Å². The van der Waals surface area contributed by atoms with Gasteiger partial charge in [-0.15, -0.1) is 0 Å². The molecule has 21 heavy (non-hydrogen) atoms. The number of hydrogen-bond acceptors (Lipinski definition) is 7. The first-order valence-corrected chi connectivity index (χ1v) is 6.84. The standard InChI is InChI=1S/C12H18ClN7O/c1-5-19(6-2)9(21)7-20(8-14)12-16-10(13)15-11(17-12)18(3)4/h5-7H2,1-4H3. The predicted molar refractivity (Wildman–Crippen MR) is 80.1 cm³/mol. The van der Waals surface area contributed by atoms with Gasteiger partial charge in [0.25, 0.3) is 0 Å². The highest BCUT2D eigenvalue weighted by Crippen LogP contribution is 2.15. The van der Waals surface area contributed by atoms with E-state index in [1.807, 2.05) is 20.0 Å². The summed E-state index contributed by atoms with van der Waals surface area (Å²) < 4.78 is 0.